The van der Waals surface area contributed by atoms with Crippen molar-refractivity contribution in [2.24, 2.45) is 0 Å². The van der Waals surface area contributed by atoms with Crippen molar-refractivity contribution in [2.45, 2.75) is 20.5 Å². The second kappa shape index (κ2) is 7.30. The van der Waals surface area contributed by atoms with Crippen LogP contribution in [-0.4, -0.2) is 27.3 Å². The third kappa shape index (κ3) is 4.02. The Morgan fingerprint density at radius 2 is 1.85 bits per heavy atom. The maximum atomic E-state index is 12.3. The fraction of sp³-hybridized carbons (Fsp3) is 0.167. The average molecular weight is 358 g/mol. The molecule has 0 saturated heterocycles. The molecule has 1 N–H and O–H groups in total. The van der Waals surface area contributed by atoms with Gasteiger partial charge in [-0.2, -0.15) is 8.78 Å². The second-order valence-electron chi connectivity index (χ2n) is 5.64. The Kier molecular flexibility index (Phi) is 4.92. The molecule has 26 heavy (non-hydrogen) atoms. The molecule has 0 unspecified atom stereocenters. The molecule has 0 bridgehead atoms. The van der Waals surface area contributed by atoms with Gasteiger partial charge in [0.25, 0.3) is 5.91 Å². The Morgan fingerprint density at radius 3 is 2.50 bits per heavy atom. The molecule has 6 nitrogen and oxygen atoms in total. The topological polar surface area (TPSA) is 69.0 Å². The Bertz CT molecular complexity index is 923. The van der Waals surface area contributed by atoms with Crippen LogP contribution in [0.1, 0.15) is 21.7 Å². The lowest BCUT2D eigenvalue weighted by Crippen LogP contribution is -2.14. The molecule has 0 radical (unpaired) electrons. The quantitative estimate of drug-likeness (QED) is 0.754. The van der Waals surface area contributed by atoms with Gasteiger partial charge < -0.3 is 10.1 Å². The Morgan fingerprint density at radius 1 is 1.12 bits per heavy atom. The maximum absolute atomic E-state index is 12.3. The molecule has 1 aromatic heterocycles. The van der Waals surface area contributed by atoms with Crippen LogP contribution in [0.2, 0.25) is 0 Å². The minimum atomic E-state index is -2.88. The lowest BCUT2D eigenvalue weighted by molar-refractivity contribution is -0.0498. The zero-order valence-electron chi connectivity index (χ0n) is 14.1. The van der Waals surface area contributed by atoms with Crippen molar-refractivity contribution in [3.05, 3.63) is 65.7 Å². The molecular formula is C18H16F2N4O2. The first-order valence-electron chi connectivity index (χ1n) is 7.78. The van der Waals surface area contributed by atoms with E-state index in [1.807, 2.05) is 26.0 Å². The van der Waals surface area contributed by atoms with Crippen LogP contribution in [0.5, 0.6) is 5.75 Å². The predicted molar refractivity (Wildman–Crippen MR) is 91.9 cm³/mol. The Hall–Kier alpha value is -3.29. The maximum Gasteiger partial charge on any atom is 0.387 e. The highest BCUT2D eigenvalue weighted by Crippen LogP contribution is 2.17. The van der Waals surface area contributed by atoms with Crippen molar-refractivity contribution in [1.29, 1.82) is 0 Å². The van der Waals surface area contributed by atoms with Crippen LogP contribution in [-0.2, 0) is 0 Å². The van der Waals surface area contributed by atoms with Gasteiger partial charge in [0.2, 0.25) is 5.82 Å². The predicted octanol–water partition coefficient (Wildman–Crippen LogP) is 3.74. The lowest BCUT2D eigenvalue weighted by atomic mass is 10.1. The summed E-state index contributed by atoms with van der Waals surface area (Å²) in [5, 5.41) is 6.85. The van der Waals surface area contributed by atoms with E-state index in [4.69, 9.17) is 0 Å². The molecule has 8 heteroatoms. The van der Waals surface area contributed by atoms with E-state index in [0.717, 1.165) is 11.1 Å². The summed E-state index contributed by atoms with van der Waals surface area (Å²) in [5.74, 6) is -0.405. The highest BCUT2D eigenvalue weighted by Gasteiger charge is 2.13. The smallest absolute Gasteiger partial charge is 0.387 e. The summed E-state index contributed by atoms with van der Waals surface area (Å²) >= 11 is 0. The second-order valence-corrected chi connectivity index (χ2v) is 5.64. The van der Waals surface area contributed by atoms with Crippen LogP contribution < -0.4 is 10.1 Å². The van der Waals surface area contributed by atoms with Crippen molar-refractivity contribution in [1.82, 2.24) is 14.8 Å². The number of alkyl halides is 2. The van der Waals surface area contributed by atoms with Crippen LogP contribution in [0.3, 0.4) is 0 Å². The number of benzene rings is 2. The molecule has 0 spiro atoms. The van der Waals surface area contributed by atoms with Crippen molar-refractivity contribution in [3.63, 3.8) is 0 Å². The zero-order valence-corrected chi connectivity index (χ0v) is 14.1. The van der Waals surface area contributed by atoms with Gasteiger partial charge in [-0.1, -0.05) is 6.07 Å². The number of hydrogen-bond donors (Lipinski definition) is 1. The van der Waals surface area contributed by atoms with E-state index in [9.17, 15) is 13.6 Å². The minimum Gasteiger partial charge on any atom is -0.435 e. The molecule has 2 aromatic carbocycles. The van der Waals surface area contributed by atoms with E-state index < -0.39 is 12.5 Å². The van der Waals surface area contributed by atoms with Crippen LogP contribution in [0.15, 0.2) is 48.8 Å². The first kappa shape index (κ1) is 17.5. The summed E-state index contributed by atoms with van der Waals surface area (Å²) < 4.78 is 30.0. The monoisotopic (exact) mass is 358 g/mol. The van der Waals surface area contributed by atoms with Gasteiger partial charge in [0.15, 0.2) is 0 Å². The molecule has 0 aliphatic heterocycles. The van der Waals surface area contributed by atoms with E-state index in [0.29, 0.717) is 11.4 Å². The number of amides is 1. The summed E-state index contributed by atoms with van der Waals surface area (Å²) in [5.41, 5.74) is 3.41. The van der Waals surface area contributed by atoms with E-state index in [1.54, 1.807) is 6.07 Å². The van der Waals surface area contributed by atoms with Crippen LogP contribution in [0.4, 0.5) is 14.5 Å². The molecule has 1 amide bonds. The molecule has 134 valence electrons. The van der Waals surface area contributed by atoms with Gasteiger partial charge in [0, 0.05) is 5.69 Å². The third-order valence-corrected chi connectivity index (χ3v) is 3.79. The normalized spacial score (nSPS) is 10.8. The molecule has 1 heterocycles. The van der Waals surface area contributed by atoms with Crippen LogP contribution >= 0.6 is 0 Å². The van der Waals surface area contributed by atoms with E-state index in [1.165, 1.54) is 35.3 Å². The van der Waals surface area contributed by atoms with Gasteiger partial charge in [-0.15, -0.1) is 5.10 Å². The Balaban J connectivity index is 1.72. The fourth-order valence-electron chi connectivity index (χ4n) is 2.28. The lowest BCUT2D eigenvalue weighted by Gasteiger charge is -2.06. The first-order chi connectivity index (χ1) is 12.4. The summed E-state index contributed by atoms with van der Waals surface area (Å²) in [7, 11) is 0. The molecule has 3 rings (SSSR count). The Labute approximate surface area is 148 Å². The number of carbonyl (C=O) groups excluding carboxylic acids is 1. The minimum absolute atomic E-state index is 0.00358. The molecule has 0 atom stereocenters. The van der Waals surface area contributed by atoms with Crippen molar-refractivity contribution in [3.8, 4) is 11.4 Å². The average Bonchev–Trinajstić information content (AvgIpc) is 3.08. The number of ether oxygens (including phenoxy) is 1. The number of aryl methyl sites for hydroxylation is 2. The van der Waals surface area contributed by atoms with Gasteiger partial charge in [-0.3, -0.25) is 4.79 Å². The number of hydrogen-bond acceptors (Lipinski definition) is 4. The van der Waals surface area contributed by atoms with E-state index in [-0.39, 0.29) is 11.6 Å². The third-order valence-electron chi connectivity index (χ3n) is 3.79. The van der Waals surface area contributed by atoms with Gasteiger partial charge >= 0.3 is 6.61 Å². The van der Waals surface area contributed by atoms with Gasteiger partial charge in [-0.25, -0.2) is 9.67 Å². The van der Waals surface area contributed by atoms with E-state index in [2.05, 4.69) is 20.1 Å². The molecule has 3 aromatic rings. The number of nitrogens with one attached hydrogen (secondary N) is 1. The molecule has 0 fully saturated rings. The fourth-order valence-corrected chi connectivity index (χ4v) is 2.28. The van der Waals surface area contributed by atoms with Crippen LogP contribution in [0.25, 0.3) is 5.69 Å². The SMILES string of the molecule is Cc1ccc(NC(=O)c2ncn(-c3ccc(OC(F)F)cc3)n2)cc1C. The van der Waals surface area contributed by atoms with Crippen molar-refractivity contribution in [2.75, 3.05) is 5.32 Å². The van der Waals surface area contributed by atoms with Crippen molar-refractivity contribution >= 4 is 11.6 Å². The van der Waals surface area contributed by atoms with Crippen LogP contribution in [0, 0.1) is 13.8 Å². The van der Waals surface area contributed by atoms with Gasteiger partial charge in [0.1, 0.15) is 12.1 Å². The summed E-state index contributed by atoms with van der Waals surface area (Å²) in [6.07, 6.45) is 1.37. The number of halogens is 2. The number of rotatable bonds is 5. The van der Waals surface area contributed by atoms with Crippen molar-refractivity contribution < 1.29 is 18.3 Å². The zero-order chi connectivity index (χ0) is 18.7. The number of nitrogens with zero attached hydrogens (tertiary/aromatic N) is 3. The molecule has 0 aliphatic rings. The number of anilines is 1. The summed E-state index contributed by atoms with van der Waals surface area (Å²) in [4.78, 5) is 16.3. The molecule has 0 aliphatic carbocycles. The number of carbonyl (C=O) groups is 1. The van der Waals surface area contributed by atoms with Gasteiger partial charge in [-0.05, 0) is 61.4 Å². The molecular weight excluding hydrogens is 342 g/mol. The highest BCUT2D eigenvalue weighted by molar-refractivity contribution is 6.01. The summed E-state index contributed by atoms with van der Waals surface area (Å²) in [6, 6.07) is 11.4. The standard InChI is InChI=1S/C18H16F2N4O2/c1-11-3-4-13(9-12(11)2)22-17(25)16-21-10-24(23-16)14-5-7-15(8-6-14)26-18(19)20/h3-10,18H,1-2H3,(H,22,25). The highest BCUT2D eigenvalue weighted by atomic mass is 19.3. The number of aromatic nitrogens is 3. The molecule has 0 saturated carbocycles. The summed E-state index contributed by atoms with van der Waals surface area (Å²) in [6.45, 7) is 1.06. The van der Waals surface area contributed by atoms with Gasteiger partial charge in [0.05, 0.1) is 5.69 Å². The largest absolute Gasteiger partial charge is 0.435 e. The first-order valence-corrected chi connectivity index (χ1v) is 7.78. The van der Waals surface area contributed by atoms with E-state index >= 15 is 0 Å².